The molecule has 0 atom stereocenters. The number of hydrogen-bond acceptors (Lipinski definition) is 0. The Morgan fingerprint density at radius 3 is 1.34 bits per heavy atom. The molecule has 0 saturated carbocycles. The van der Waals surface area contributed by atoms with E-state index in [0.29, 0.717) is 0 Å². The standard InChI is InChI=1S/2C13H15.C3H6.2ClH.Zr/c2*1-2-3-6-11-9-12-7-4-5-8-13(12)10-11;1-3-2;;;/h2*4-5,7-10H,2-3,6H2,1H3;1-2H3;2*1H;/q2*-1;;;;+2/p-2. The van der Waals surface area contributed by atoms with E-state index < -0.39 is 0 Å². The Kier molecular flexibility index (Phi) is 16.9. The monoisotopic (exact) mass is 544 g/mol. The summed E-state index contributed by atoms with van der Waals surface area (Å²) >= 11 is 1.55. The first kappa shape index (κ1) is 31.0. The summed E-state index contributed by atoms with van der Waals surface area (Å²) in [6.07, 6.45) is 7.62. The zero-order chi connectivity index (χ0) is 21.8. The van der Waals surface area contributed by atoms with Gasteiger partial charge in [-0.1, -0.05) is 51.7 Å². The fraction of sp³-hybridized carbons (Fsp3) is 0.345. The van der Waals surface area contributed by atoms with Gasteiger partial charge in [-0.2, -0.15) is 12.1 Å². The third kappa shape index (κ3) is 11.2. The minimum Gasteiger partial charge on any atom is -1.00 e. The molecular formula is C29H36Cl2Zr-2. The molecule has 0 aliphatic heterocycles. The van der Waals surface area contributed by atoms with Crippen LogP contribution in [0.25, 0.3) is 21.5 Å². The fourth-order valence-electron chi connectivity index (χ4n) is 3.48. The molecule has 32 heavy (non-hydrogen) atoms. The second kappa shape index (κ2) is 17.5. The van der Waals surface area contributed by atoms with Gasteiger partial charge in [0.15, 0.2) is 0 Å². The van der Waals surface area contributed by atoms with Gasteiger partial charge < -0.3 is 24.8 Å². The second-order valence-electron chi connectivity index (χ2n) is 8.19. The van der Waals surface area contributed by atoms with Crippen molar-refractivity contribution in [2.24, 2.45) is 0 Å². The van der Waals surface area contributed by atoms with Crippen LogP contribution in [0.15, 0.2) is 72.8 Å². The van der Waals surface area contributed by atoms with Crippen LogP contribution >= 0.6 is 0 Å². The molecule has 0 aromatic heterocycles. The van der Waals surface area contributed by atoms with Crippen LogP contribution in [0.4, 0.5) is 0 Å². The molecule has 0 radical (unpaired) electrons. The summed E-state index contributed by atoms with van der Waals surface area (Å²) in [6, 6.07) is 26.4. The van der Waals surface area contributed by atoms with Gasteiger partial charge in [0.05, 0.1) is 0 Å². The molecule has 4 rings (SSSR count). The van der Waals surface area contributed by atoms with E-state index in [4.69, 9.17) is 0 Å². The van der Waals surface area contributed by atoms with Crippen LogP contribution < -0.4 is 24.8 Å². The Bertz CT molecular complexity index is 878. The van der Waals surface area contributed by atoms with E-state index in [-0.39, 0.29) is 24.8 Å². The predicted octanol–water partition coefficient (Wildman–Crippen LogP) is 2.56. The van der Waals surface area contributed by atoms with Crippen LogP contribution in [0.5, 0.6) is 0 Å². The van der Waals surface area contributed by atoms with E-state index in [2.05, 4.69) is 100 Å². The van der Waals surface area contributed by atoms with Gasteiger partial charge in [0.2, 0.25) is 0 Å². The van der Waals surface area contributed by atoms with Crippen molar-refractivity contribution in [3.63, 3.8) is 0 Å². The van der Waals surface area contributed by atoms with Crippen LogP contribution in [0.1, 0.15) is 64.5 Å². The summed E-state index contributed by atoms with van der Waals surface area (Å²) in [6.45, 7) is 8.72. The van der Waals surface area contributed by atoms with Gasteiger partial charge in [0.1, 0.15) is 0 Å². The third-order valence-corrected chi connectivity index (χ3v) is 4.99. The van der Waals surface area contributed by atoms with Crippen LogP contribution in [0, 0.1) is 0 Å². The summed E-state index contributed by atoms with van der Waals surface area (Å²) in [7, 11) is 0. The number of aryl methyl sites for hydroxylation is 2. The number of unbranched alkanes of at least 4 members (excludes halogenated alkanes) is 2. The topological polar surface area (TPSA) is 0 Å². The zero-order valence-corrected chi connectivity index (χ0v) is 23.9. The van der Waals surface area contributed by atoms with Crippen molar-refractivity contribution in [3.05, 3.63) is 83.9 Å². The molecule has 0 N–H and O–H groups in total. The number of fused-ring (bicyclic) bond motifs is 2. The molecule has 0 heterocycles. The van der Waals surface area contributed by atoms with Crippen molar-refractivity contribution in [2.45, 2.75) is 66.2 Å². The summed E-state index contributed by atoms with van der Waals surface area (Å²) in [4.78, 5) is 0. The van der Waals surface area contributed by atoms with Crippen molar-refractivity contribution in [1.82, 2.24) is 0 Å². The van der Waals surface area contributed by atoms with E-state index in [1.165, 1.54) is 74.4 Å². The SMILES string of the molecule is CCCCc1cc2ccccc2[cH-]1.CCCCc1cc2ccccc2[cH-]1.C[C](C)=[Zr+2].[Cl-].[Cl-]. The van der Waals surface area contributed by atoms with Gasteiger partial charge >= 0.3 is 41.3 Å². The first-order valence-corrected chi connectivity index (χ1v) is 12.6. The van der Waals surface area contributed by atoms with Crippen molar-refractivity contribution in [2.75, 3.05) is 0 Å². The van der Waals surface area contributed by atoms with Crippen molar-refractivity contribution < 1.29 is 49.0 Å². The Morgan fingerprint density at radius 2 is 1.03 bits per heavy atom. The molecule has 3 heteroatoms. The van der Waals surface area contributed by atoms with Crippen molar-refractivity contribution >= 4 is 24.8 Å². The fourth-order valence-corrected chi connectivity index (χ4v) is 3.48. The normalized spacial score (nSPS) is 9.69. The number of halogens is 2. The smallest absolute Gasteiger partial charge is 1.00 e. The van der Waals surface area contributed by atoms with E-state index in [0.717, 1.165) is 0 Å². The van der Waals surface area contributed by atoms with Crippen molar-refractivity contribution in [1.29, 1.82) is 0 Å². The maximum absolute atomic E-state index is 2.31. The molecule has 0 fully saturated rings. The van der Waals surface area contributed by atoms with Crippen LogP contribution in [-0.2, 0) is 37.1 Å². The van der Waals surface area contributed by atoms with Gasteiger partial charge in [-0.3, -0.25) is 0 Å². The Labute approximate surface area is 222 Å². The maximum atomic E-state index is 2.31. The molecule has 0 aliphatic rings. The van der Waals surface area contributed by atoms with E-state index in [1.807, 2.05) is 0 Å². The summed E-state index contributed by atoms with van der Waals surface area (Å²) in [5.74, 6) is 0. The third-order valence-electron chi connectivity index (χ3n) is 4.99. The minimum atomic E-state index is 0. The average Bonchev–Trinajstić information content (AvgIpc) is 3.33. The average molecular weight is 547 g/mol. The van der Waals surface area contributed by atoms with Gasteiger partial charge in [-0.05, 0) is 12.8 Å². The first-order valence-electron chi connectivity index (χ1n) is 11.3. The molecule has 0 bridgehead atoms. The Balaban J connectivity index is 0.000000490. The number of rotatable bonds is 6. The van der Waals surface area contributed by atoms with E-state index in [9.17, 15) is 0 Å². The second-order valence-corrected chi connectivity index (χ2v) is 10.7. The first-order chi connectivity index (χ1) is 14.5. The summed E-state index contributed by atoms with van der Waals surface area (Å²) < 4.78 is 1.51. The molecule has 4 aromatic rings. The molecule has 0 saturated heterocycles. The number of benzene rings is 2. The molecule has 0 nitrogen and oxygen atoms in total. The van der Waals surface area contributed by atoms with Crippen molar-refractivity contribution in [3.8, 4) is 0 Å². The molecule has 0 aliphatic carbocycles. The van der Waals surface area contributed by atoms with Gasteiger partial charge in [-0.15, -0.1) is 81.2 Å². The van der Waals surface area contributed by atoms with Crippen LogP contribution in [0.3, 0.4) is 0 Å². The Morgan fingerprint density at radius 1 is 0.688 bits per heavy atom. The van der Waals surface area contributed by atoms with E-state index in [1.54, 1.807) is 24.2 Å². The molecule has 0 amide bonds. The number of hydrogen-bond donors (Lipinski definition) is 0. The predicted molar refractivity (Wildman–Crippen MR) is 133 cm³/mol. The quantitative estimate of drug-likeness (QED) is 0.326. The summed E-state index contributed by atoms with van der Waals surface area (Å²) in [5.41, 5.74) is 2.98. The van der Waals surface area contributed by atoms with Gasteiger partial charge in [0.25, 0.3) is 0 Å². The van der Waals surface area contributed by atoms with Crippen LogP contribution in [0.2, 0.25) is 0 Å². The molecular weight excluding hydrogens is 510 g/mol. The molecule has 4 aromatic carbocycles. The van der Waals surface area contributed by atoms with Gasteiger partial charge in [0, 0.05) is 0 Å². The zero-order valence-electron chi connectivity index (χ0n) is 19.9. The maximum Gasteiger partial charge on any atom is -1.00 e. The molecule has 0 unspecified atom stereocenters. The largest absolute Gasteiger partial charge is 1.00 e. The minimum absolute atomic E-state index is 0. The molecule has 172 valence electrons. The van der Waals surface area contributed by atoms with E-state index >= 15 is 0 Å². The Hall–Kier alpha value is -1.01. The summed E-state index contributed by atoms with van der Waals surface area (Å²) in [5, 5.41) is 5.53. The van der Waals surface area contributed by atoms with Gasteiger partial charge in [-0.25, -0.2) is 0 Å². The molecule has 0 spiro atoms. The van der Waals surface area contributed by atoms with Crippen LogP contribution in [-0.4, -0.2) is 3.21 Å².